The third kappa shape index (κ3) is 4.09. The Labute approximate surface area is 118 Å². The number of nitrogens with one attached hydrogen (secondary N) is 1. The lowest BCUT2D eigenvalue weighted by atomic mass is 10.2. The molecular formula is C16H18N2O2. The van der Waals surface area contributed by atoms with Crippen LogP contribution in [0.25, 0.3) is 0 Å². The maximum atomic E-state index is 11.7. The molecule has 104 valence electrons. The van der Waals surface area contributed by atoms with Crippen LogP contribution in [0.15, 0.2) is 42.5 Å². The number of hydrogen-bond acceptors (Lipinski definition) is 3. The molecule has 0 saturated heterocycles. The van der Waals surface area contributed by atoms with Gasteiger partial charge in [-0.25, -0.2) is 4.98 Å². The van der Waals surface area contributed by atoms with Crippen molar-refractivity contribution in [2.75, 3.05) is 11.9 Å². The highest BCUT2D eigenvalue weighted by molar-refractivity contribution is 5.90. The fourth-order valence-corrected chi connectivity index (χ4v) is 1.76. The molecule has 0 aliphatic carbocycles. The van der Waals surface area contributed by atoms with Crippen molar-refractivity contribution in [3.8, 4) is 5.75 Å². The number of nitrogens with zero attached hydrogens (tertiary/aromatic N) is 1. The zero-order valence-corrected chi connectivity index (χ0v) is 11.7. The maximum absolute atomic E-state index is 11.7. The minimum atomic E-state index is -0.220. The van der Waals surface area contributed by atoms with E-state index in [-0.39, 0.29) is 12.5 Å². The number of hydrogen-bond donors (Lipinski definition) is 1. The molecule has 2 aromatic rings. The van der Waals surface area contributed by atoms with Crippen LogP contribution in [0.1, 0.15) is 18.2 Å². The molecule has 0 spiro atoms. The number of anilines is 1. The summed E-state index contributed by atoms with van der Waals surface area (Å²) >= 11 is 0. The van der Waals surface area contributed by atoms with Crippen LogP contribution in [-0.2, 0) is 11.2 Å². The standard InChI is InChI=1S/C16H18N2O2/c1-3-13-7-9-14(10-8-13)20-11-16(19)18-15-6-4-5-12(2)17-15/h4-10H,3,11H2,1-2H3,(H,17,18,19). The molecule has 0 saturated carbocycles. The van der Waals surface area contributed by atoms with Gasteiger partial charge in [-0.3, -0.25) is 4.79 Å². The Morgan fingerprint density at radius 3 is 2.60 bits per heavy atom. The van der Waals surface area contributed by atoms with Gasteiger partial charge in [0.15, 0.2) is 6.61 Å². The van der Waals surface area contributed by atoms with E-state index in [1.807, 2.05) is 43.3 Å². The van der Waals surface area contributed by atoms with E-state index in [1.54, 1.807) is 6.07 Å². The van der Waals surface area contributed by atoms with E-state index >= 15 is 0 Å². The molecule has 1 aromatic heterocycles. The largest absolute Gasteiger partial charge is 0.484 e. The zero-order chi connectivity index (χ0) is 14.4. The van der Waals surface area contributed by atoms with Gasteiger partial charge in [-0.1, -0.05) is 25.1 Å². The van der Waals surface area contributed by atoms with E-state index in [1.165, 1.54) is 5.56 Å². The van der Waals surface area contributed by atoms with Crippen molar-refractivity contribution >= 4 is 11.7 Å². The number of aryl methyl sites for hydroxylation is 2. The second kappa shape index (κ2) is 6.70. The van der Waals surface area contributed by atoms with Crippen molar-refractivity contribution < 1.29 is 9.53 Å². The second-order valence-electron chi connectivity index (χ2n) is 4.50. The van der Waals surface area contributed by atoms with Gasteiger partial charge >= 0.3 is 0 Å². The summed E-state index contributed by atoms with van der Waals surface area (Å²) < 4.78 is 5.43. The molecule has 0 unspecified atom stereocenters. The normalized spacial score (nSPS) is 10.1. The highest BCUT2D eigenvalue weighted by Crippen LogP contribution is 2.12. The fourth-order valence-electron chi connectivity index (χ4n) is 1.76. The van der Waals surface area contributed by atoms with E-state index < -0.39 is 0 Å². The van der Waals surface area contributed by atoms with Gasteiger partial charge in [-0.2, -0.15) is 0 Å². The lowest BCUT2D eigenvalue weighted by Gasteiger charge is -2.07. The third-order valence-corrected chi connectivity index (χ3v) is 2.86. The summed E-state index contributed by atoms with van der Waals surface area (Å²) in [5, 5.41) is 2.70. The number of carbonyl (C=O) groups excluding carboxylic acids is 1. The Morgan fingerprint density at radius 1 is 1.20 bits per heavy atom. The lowest BCUT2D eigenvalue weighted by molar-refractivity contribution is -0.118. The SMILES string of the molecule is CCc1ccc(OCC(=O)Nc2cccc(C)n2)cc1. The summed E-state index contributed by atoms with van der Waals surface area (Å²) in [4.78, 5) is 15.9. The molecule has 1 amide bonds. The van der Waals surface area contributed by atoms with Gasteiger partial charge in [0, 0.05) is 5.69 Å². The van der Waals surface area contributed by atoms with Gasteiger partial charge < -0.3 is 10.1 Å². The van der Waals surface area contributed by atoms with E-state index in [0.717, 1.165) is 12.1 Å². The number of aromatic nitrogens is 1. The summed E-state index contributed by atoms with van der Waals surface area (Å²) in [7, 11) is 0. The highest BCUT2D eigenvalue weighted by Gasteiger charge is 2.04. The van der Waals surface area contributed by atoms with Crippen LogP contribution in [0, 0.1) is 6.92 Å². The van der Waals surface area contributed by atoms with Crippen molar-refractivity contribution in [3.63, 3.8) is 0 Å². The number of amides is 1. The molecule has 1 N–H and O–H groups in total. The first-order valence-electron chi connectivity index (χ1n) is 6.62. The lowest BCUT2D eigenvalue weighted by Crippen LogP contribution is -2.20. The Bertz CT molecular complexity index is 579. The van der Waals surface area contributed by atoms with Crippen LogP contribution < -0.4 is 10.1 Å². The first-order chi connectivity index (χ1) is 9.67. The van der Waals surface area contributed by atoms with Gasteiger partial charge in [0.05, 0.1) is 0 Å². The zero-order valence-electron chi connectivity index (χ0n) is 11.7. The van der Waals surface area contributed by atoms with Crippen molar-refractivity contribution in [2.24, 2.45) is 0 Å². The summed E-state index contributed by atoms with van der Waals surface area (Å²) in [5.41, 5.74) is 2.10. The topological polar surface area (TPSA) is 51.2 Å². The minimum Gasteiger partial charge on any atom is -0.484 e. The van der Waals surface area contributed by atoms with Crippen LogP contribution in [0.5, 0.6) is 5.75 Å². The Balaban J connectivity index is 1.85. The molecule has 4 nitrogen and oxygen atoms in total. The van der Waals surface area contributed by atoms with E-state index in [0.29, 0.717) is 11.6 Å². The maximum Gasteiger partial charge on any atom is 0.263 e. The van der Waals surface area contributed by atoms with E-state index in [9.17, 15) is 4.79 Å². The Kier molecular flexibility index (Phi) is 4.71. The fraction of sp³-hybridized carbons (Fsp3) is 0.250. The molecule has 0 bridgehead atoms. The first-order valence-corrected chi connectivity index (χ1v) is 6.62. The Hall–Kier alpha value is -2.36. The molecule has 0 atom stereocenters. The average molecular weight is 270 g/mol. The summed E-state index contributed by atoms with van der Waals surface area (Å²) in [5.74, 6) is 1.01. The monoisotopic (exact) mass is 270 g/mol. The van der Waals surface area contributed by atoms with Crippen LogP contribution in [0.3, 0.4) is 0 Å². The molecule has 4 heteroatoms. The molecular weight excluding hydrogens is 252 g/mol. The summed E-state index contributed by atoms with van der Waals surface area (Å²) in [6.45, 7) is 3.95. The molecule has 2 rings (SSSR count). The van der Waals surface area contributed by atoms with Gasteiger partial charge in [0.1, 0.15) is 11.6 Å². The smallest absolute Gasteiger partial charge is 0.263 e. The number of pyridine rings is 1. The Morgan fingerprint density at radius 2 is 1.95 bits per heavy atom. The summed E-state index contributed by atoms with van der Waals surface area (Å²) in [6.07, 6.45) is 0.986. The van der Waals surface area contributed by atoms with Crippen LogP contribution in [0.2, 0.25) is 0 Å². The van der Waals surface area contributed by atoms with E-state index in [4.69, 9.17) is 4.74 Å². The van der Waals surface area contributed by atoms with Crippen molar-refractivity contribution in [3.05, 3.63) is 53.7 Å². The second-order valence-corrected chi connectivity index (χ2v) is 4.50. The number of ether oxygens (including phenoxy) is 1. The highest BCUT2D eigenvalue weighted by atomic mass is 16.5. The molecule has 0 fully saturated rings. The van der Waals surface area contributed by atoms with E-state index in [2.05, 4.69) is 17.2 Å². The minimum absolute atomic E-state index is 0.0267. The van der Waals surface area contributed by atoms with Crippen molar-refractivity contribution in [1.29, 1.82) is 0 Å². The van der Waals surface area contributed by atoms with Gasteiger partial charge in [-0.15, -0.1) is 0 Å². The molecule has 0 aliphatic heterocycles. The predicted molar refractivity (Wildman–Crippen MR) is 78.9 cm³/mol. The van der Waals surface area contributed by atoms with Gasteiger partial charge in [0.25, 0.3) is 5.91 Å². The number of carbonyl (C=O) groups is 1. The molecule has 0 aliphatic rings. The molecule has 0 radical (unpaired) electrons. The van der Waals surface area contributed by atoms with Crippen LogP contribution in [-0.4, -0.2) is 17.5 Å². The number of rotatable bonds is 5. The first kappa shape index (κ1) is 14.1. The number of benzene rings is 1. The van der Waals surface area contributed by atoms with Gasteiger partial charge in [-0.05, 0) is 43.2 Å². The van der Waals surface area contributed by atoms with Crippen molar-refractivity contribution in [2.45, 2.75) is 20.3 Å². The predicted octanol–water partition coefficient (Wildman–Crippen LogP) is 2.97. The van der Waals surface area contributed by atoms with Crippen molar-refractivity contribution in [1.82, 2.24) is 4.98 Å². The van der Waals surface area contributed by atoms with Gasteiger partial charge in [0.2, 0.25) is 0 Å². The molecule has 1 aromatic carbocycles. The molecule has 1 heterocycles. The summed E-state index contributed by atoms with van der Waals surface area (Å²) in [6, 6.07) is 13.2. The van der Waals surface area contributed by atoms with Crippen LogP contribution in [0.4, 0.5) is 5.82 Å². The molecule has 20 heavy (non-hydrogen) atoms. The van der Waals surface area contributed by atoms with Crippen LogP contribution >= 0.6 is 0 Å². The quantitative estimate of drug-likeness (QED) is 0.908. The third-order valence-electron chi connectivity index (χ3n) is 2.86. The average Bonchev–Trinajstić information content (AvgIpc) is 2.46.